The first kappa shape index (κ1) is 19.3. The predicted octanol–water partition coefficient (Wildman–Crippen LogP) is 6.05. The molecule has 2 nitrogen and oxygen atoms in total. The standard InChI is InChI=1S/C20H36O2/c1-3-4-5-6-8-11-14-18-17-19(18)15-12-9-7-10-13-16-20(21)22-2/h8,11,18-19H,3-7,9-10,12-17H2,1-2H3. The summed E-state index contributed by atoms with van der Waals surface area (Å²) in [4.78, 5) is 11.0. The lowest BCUT2D eigenvalue weighted by molar-refractivity contribution is -0.140. The summed E-state index contributed by atoms with van der Waals surface area (Å²) in [6.07, 6.45) is 21.1. The second-order valence-electron chi connectivity index (χ2n) is 6.84. The molecule has 0 aromatic rings. The Morgan fingerprint density at radius 3 is 2.55 bits per heavy atom. The fraction of sp³-hybridized carbons (Fsp3) is 0.850. The highest BCUT2D eigenvalue weighted by Crippen LogP contribution is 2.45. The average molecular weight is 309 g/mol. The zero-order valence-corrected chi connectivity index (χ0v) is 14.8. The van der Waals surface area contributed by atoms with E-state index in [0.29, 0.717) is 6.42 Å². The predicted molar refractivity (Wildman–Crippen MR) is 93.8 cm³/mol. The number of allylic oxidation sites excluding steroid dienone is 2. The molecule has 2 heteroatoms. The van der Waals surface area contributed by atoms with Gasteiger partial charge in [0.25, 0.3) is 0 Å². The molecule has 0 amide bonds. The van der Waals surface area contributed by atoms with E-state index in [1.165, 1.54) is 77.7 Å². The Labute approximate surface area is 137 Å². The van der Waals surface area contributed by atoms with Gasteiger partial charge in [0.15, 0.2) is 0 Å². The summed E-state index contributed by atoms with van der Waals surface area (Å²) in [5.41, 5.74) is 0. The van der Waals surface area contributed by atoms with Crippen LogP contribution in [0.25, 0.3) is 0 Å². The molecule has 128 valence electrons. The fourth-order valence-corrected chi connectivity index (χ4v) is 3.16. The van der Waals surface area contributed by atoms with Crippen LogP contribution in [0.3, 0.4) is 0 Å². The van der Waals surface area contributed by atoms with Crippen LogP contribution >= 0.6 is 0 Å². The first-order valence-corrected chi connectivity index (χ1v) is 9.49. The SMILES string of the molecule is CCCCCC=CCC1CC1CCCCCCCC(=O)OC. The topological polar surface area (TPSA) is 26.3 Å². The molecule has 0 N–H and O–H groups in total. The number of esters is 1. The molecule has 0 saturated heterocycles. The van der Waals surface area contributed by atoms with Gasteiger partial charge in [-0.05, 0) is 43.9 Å². The maximum atomic E-state index is 11.0. The number of methoxy groups -OCH3 is 1. The van der Waals surface area contributed by atoms with Gasteiger partial charge in [-0.25, -0.2) is 0 Å². The van der Waals surface area contributed by atoms with Crippen molar-refractivity contribution in [1.29, 1.82) is 0 Å². The molecule has 0 bridgehead atoms. The van der Waals surface area contributed by atoms with E-state index in [4.69, 9.17) is 0 Å². The zero-order chi connectivity index (χ0) is 16.0. The van der Waals surface area contributed by atoms with Gasteiger partial charge in [-0.15, -0.1) is 0 Å². The normalized spacial score (nSPS) is 20.5. The van der Waals surface area contributed by atoms with Crippen molar-refractivity contribution in [1.82, 2.24) is 0 Å². The molecule has 1 rings (SSSR count). The number of hydrogen-bond acceptors (Lipinski definition) is 2. The van der Waals surface area contributed by atoms with Gasteiger partial charge in [0, 0.05) is 6.42 Å². The summed E-state index contributed by atoms with van der Waals surface area (Å²) in [5.74, 6) is 1.93. The van der Waals surface area contributed by atoms with Gasteiger partial charge in [0.1, 0.15) is 0 Å². The van der Waals surface area contributed by atoms with E-state index in [9.17, 15) is 4.79 Å². The summed E-state index contributed by atoms with van der Waals surface area (Å²) in [7, 11) is 1.47. The van der Waals surface area contributed by atoms with Crippen LogP contribution in [0.2, 0.25) is 0 Å². The van der Waals surface area contributed by atoms with Crippen molar-refractivity contribution in [3.8, 4) is 0 Å². The number of unbranched alkanes of at least 4 members (excludes halogenated alkanes) is 7. The van der Waals surface area contributed by atoms with Crippen LogP contribution < -0.4 is 0 Å². The molecule has 1 fully saturated rings. The van der Waals surface area contributed by atoms with Crippen molar-refractivity contribution in [2.45, 2.75) is 90.4 Å². The monoisotopic (exact) mass is 308 g/mol. The third-order valence-electron chi connectivity index (χ3n) is 4.83. The minimum absolute atomic E-state index is 0.0661. The number of ether oxygens (including phenoxy) is 1. The van der Waals surface area contributed by atoms with E-state index in [1.807, 2.05) is 0 Å². The molecule has 2 unspecified atom stereocenters. The van der Waals surface area contributed by atoms with E-state index >= 15 is 0 Å². The Hall–Kier alpha value is -0.790. The van der Waals surface area contributed by atoms with Gasteiger partial charge >= 0.3 is 5.97 Å². The highest BCUT2D eigenvalue weighted by Gasteiger charge is 2.34. The molecule has 1 aliphatic rings. The van der Waals surface area contributed by atoms with E-state index in [1.54, 1.807) is 0 Å². The number of hydrogen-bond donors (Lipinski definition) is 0. The van der Waals surface area contributed by atoms with E-state index in [2.05, 4.69) is 23.8 Å². The van der Waals surface area contributed by atoms with E-state index in [0.717, 1.165) is 18.3 Å². The average Bonchev–Trinajstić information content (AvgIpc) is 3.28. The van der Waals surface area contributed by atoms with Gasteiger partial charge in [-0.2, -0.15) is 0 Å². The Bertz CT molecular complexity index is 309. The number of carbonyl (C=O) groups is 1. The van der Waals surface area contributed by atoms with Gasteiger partial charge in [-0.3, -0.25) is 4.79 Å². The lowest BCUT2D eigenvalue weighted by Gasteiger charge is -2.01. The van der Waals surface area contributed by atoms with Gasteiger partial charge in [0.05, 0.1) is 7.11 Å². The molecule has 1 aliphatic carbocycles. The molecule has 2 atom stereocenters. The van der Waals surface area contributed by atoms with Crippen LogP contribution in [-0.2, 0) is 9.53 Å². The number of rotatable bonds is 14. The largest absolute Gasteiger partial charge is 0.469 e. The van der Waals surface area contributed by atoms with Gasteiger partial charge < -0.3 is 4.74 Å². The van der Waals surface area contributed by atoms with Crippen LogP contribution in [0.15, 0.2) is 12.2 Å². The molecule has 0 heterocycles. The van der Waals surface area contributed by atoms with Crippen molar-refractivity contribution in [3.05, 3.63) is 12.2 Å². The second-order valence-corrected chi connectivity index (χ2v) is 6.84. The van der Waals surface area contributed by atoms with Crippen LogP contribution in [0.5, 0.6) is 0 Å². The molecule has 22 heavy (non-hydrogen) atoms. The van der Waals surface area contributed by atoms with Crippen molar-refractivity contribution in [2.75, 3.05) is 7.11 Å². The molecular weight excluding hydrogens is 272 g/mol. The van der Waals surface area contributed by atoms with Crippen molar-refractivity contribution < 1.29 is 9.53 Å². The minimum Gasteiger partial charge on any atom is -0.469 e. The molecule has 0 spiro atoms. The maximum absolute atomic E-state index is 11.0. The molecule has 0 aromatic heterocycles. The lowest BCUT2D eigenvalue weighted by Crippen LogP contribution is -1.99. The summed E-state index contributed by atoms with van der Waals surface area (Å²) in [6, 6.07) is 0. The summed E-state index contributed by atoms with van der Waals surface area (Å²) in [5, 5.41) is 0. The van der Waals surface area contributed by atoms with Crippen LogP contribution in [0.1, 0.15) is 90.4 Å². The van der Waals surface area contributed by atoms with Crippen LogP contribution in [0, 0.1) is 11.8 Å². The third-order valence-corrected chi connectivity index (χ3v) is 4.83. The summed E-state index contributed by atoms with van der Waals surface area (Å²) in [6.45, 7) is 2.26. The van der Waals surface area contributed by atoms with Crippen LogP contribution in [0.4, 0.5) is 0 Å². The highest BCUT2D eigenvalue weighted by molar-refractivity contribution is 5.68. The van der Waals surface area contributed by atoms with E-state index in [-0.39, 0.29) is 5.97 Å². The Balaban J connectivity index is 1.83. The smallest absolute Gasteiger partial charge is 0.305 e. The quantitative estimate of drug-likeness (QED) is 0.222. The van der Waals surface area contributed by atoms with E-state index < -0.39 is 0 Å². The Morgan fingerprint density at radius 1 is 1.00 bits per heavy atom. The highest BCUT2D eigenvalue weighted by atomic mass is 16.5. The molecule has 0 radical (unpaired) electrons. The molecular formula is C20H36O2. The first-order valence-electron chi connectivity index (χ1n) is 9.49. The molecule has 0 aliphatic heterocycles. The van der Waals surface area contributed by atoms with Crippen molar-refractivity contribution in [2.24, 2.45) is 11.8 Å². The minimum atomic E-state index is -0.0661. The first-order chi connectivity index (χ1) is 10.8. The fourth-order valence-electron chi connectivity index (χ4n) is 3.16. The van der Waals surface area contributed by atoms with Crippen molar-refractivity contribution in [3.63, 3.8) is 0 Å². The van der Waals surface area contributed by atoms with Crippen molar-refractivity contribution >= 4 is 5.97 Å². The number of carbonyl (C=O) groups excluding carboxylic acids is 1. The Kier molecular flexibility index (Phi) is 11.1. The molecule has 0 aromatic carbocycles. The zero-order valence-electron chi connectivity index (χ0n) is 14.8. The Morgan fingerprint density at radius 2 is 1.77 bits per heavy atom. The maximum Gasteiger partial charge on any atom is 0.305 e. The lowest BCUT2D eigenvalue weighted by atomic mass is 10.1. The van der Waals surface area contributed by atoms with Gasteiger partial charge in [-0.1, -0.05) is 64.0 Å². The van der Waals surface area contributed by atoms with Gasteiger partial charge in [0.2, 0.25) is 0 Å². The summed E-state index contributed by atoms with van der Waals surface area (Å²) < 4.78 is 4.64. The molecule has 1 saturated carbocycles. The third kappa shape index (κ3) is 10.0. The second kappa shape index (κ2) is 12.7. The summed E-state index contributed by atoms with van der Waals surface area (Å²) >= 11 is 0. The van der Waals surface area contributed by atoms with Crippen LogP contribution in [-0.4, -0.2) is 13.1 Å².